The van der Waals surface area contributed by atoms with Crippen molar-refractivity contribution in [3.63, 3.8) is 0 Å². The Labute approximate surface area is 137 Å². The Morgan fingerprint density at radius 2 is 1.23 bits per heavy atom. The largest absolute Gasteiger partial charge is 0.366 e. The van der Waals surface area contributed by atoms with Gasteiger partial charge in [-0.25, -0.2) is 0 Å². The predicted molar refractivity (Wildman–Crippen MR) is 97.7 cm³/mol. The lowest BCUT2D eigenvalue weighted by molar-refractivity contribution is -0.113. The Morgan fingerprint density at radius 1 is 0.727 bits per heavy atom. The number of carbonyl (C=O) groups is 1. The van der Waals surface area contributed by atoms with Crippen molar-refractivity contribution in [2.45, 2.75) is 84.0 Å². The van der Waals surface area contributed by atoms with E-state index in [-0.39, 0.29) is 5.91 Å². The molecule has 0 saturated carbocycles. The van der Waals surface area contributed by atoms with E-state index in [0.717, 1.165) is 19.3 Å². The Bertz CT molecular complexity index is 329. The highest BCUT2D eigenvalue weighted by molar-refractivity contribution is 5.85. The van der Waals surface area contributed by atoms with Gasteiger partial charge in [-0.2, -0.15) is 0 Å². The first kappa shape index (κ1) is 20.7. The van der Waals surface area contributed by atoms with E-state index in [0.29, 0.717) is 0 Å². The zero-order chi connectivity index (χ0) is 16.3. The number of allylic oxidation sites excluding steroid dienone is 5. The molecule has 0 aromatic heterocycles. The average Bonchev–Trinajstić information content (AvgIpc) is 2.50. The molecule has 126 valence electrons. The van der Waals surface area contributed by atoms with Crippen LogP contribution in [0.15, 0.2) is 36.5 Å². The molecule has 0 atom stereocenters. The molecule has 0 unspecified atom stereocenters. The van der Waals surface area contributed by atoms with E-state index in [4.69, 9.17) is 5.73 Å². The molecule has 0 aromatic rings. The molecule has 2 nitrogen and oxygen atoms in total. The van der Waals surface area contributed by atoms with E-state index >= 15 is 0 Å². The smallest absolute Gasteiger partial charge is 0.241 e. The number of unbranched alkanes of at least 4 members (excludes halogenated alkanes) is 9. The standard InChI is InChI=1S/C20H35NO/c1-2-3-4-5-6-7-8-9-10-11-12-13-14-15-16-17-18-19-20(21)22/h6-7,9-10,18-19H,2-5,8,11-17H2,1H3,(H2,21,22)/b7-6+,10-9+,19-18+. The van der Waals surface area contributed by atoms with Crippen LogP contribution in [-0.2, 0) is 4.79 Å². The zero-order valence-corrected chi connectivity index (χ0v) is 14.4. The van der Waals surface area contributed by atoms with Gasteiger partial charge in [0.2, 0.25) is 5.91 Å². The topological polar surface area (TPSA) is 43.1 Å². The maximum Gasteiger partial charge on any atom is 0.241 e. The molecule has 0 saturated heterocycles. The first-order valence-corrected chi connectivity index (χ1v) is 9.03. The van der Waals surface area contributed by atoms with E-state index in [1.807, 2.05) is 6.08 Å². The lowest BCUT2D eigenvalue weighted by Crippen LogP contribution is -2.05. The summed E-state index contributed by atoms with van der Waals surface area (Å²) in [4.78, 5) is 10.5. The molecule has 2 heteroatoms. The fourth-order valence-electron chi connectivity index (χ4n) is 2.27. The summed E-state index contributed by atoms with van der Waals surface area (Å²) in [6.07, 6.45) is 27.3. The monoisotopic (exact) mass is 305 g/mol. The van der Waals surface area contributed by atoms with Gasteiger partial charge in [0.15, 0.2) is 0 Å². The summed E-state index contributed by atoms with van der Waals surface area (Å²) in [5, 5.41) is 0. The van der Waals surface area contributed by atoms with Crippen LogP contribution < -0.4 is 5.73 Å². The molecule has 0 bridgehead atoms. The number of hydrogen-bond donors (Lipinski definition) is 1. The van der Waals surface area contributed by atoms with Crippen molar-refractivity contribution < 1.29 is 4.79 Å². The van der Waals surface area contributed by atoms with Gasteiger partial charge in [-0.1, -0.05) is 69.4 Å². The maximum absolute atomic E-state index is 10.5. The summed E-state index contributed by atoms with van der Waals surface area (Å²) >= 11 is 0. The van der Waals surface area contributed by atoms with E-state index in [1.165, 1.54) is 63.9 Å². The van der Waals surface area contributed by atoms with Gasteiger partial charge >= 0.3 is 0 Å². The van der Waals surface area contributed by atoms with Gasteiger partial charge < -0.3 is 5.73 Å². The summed E-state index contributed by atoms with van der Waals surface area (Å²) < 4.78 is 0. The molecule has 0 heterocycles. The molecular formula is C20H35NO. The van der Waals surface area contributed by atoms with E-state index in [9.17, 15) is 4.79 Å². The maximum atomic E-state index is 10.5. The lowest BCUT2D eigenvalue weighted by atomic mass is 10.1. The molecule has 0 rings (SSSR count). The third-order valence-electron chi connectivity index (χ3n) is 3.60. The lowest BCUT2D eigenvalue weighted by Gasteiger charge is -1.98. The Kier molecular flexibility index (Phi) is 16.7. The minimum absolute atomic E-state index is 0.345. The molecule has 0 aliphatic rings. The summed E-state index contributed by atoms with van der Waals surface area (Å²) in [5.74, 6) is -0.345. The molecule has 0 aliphatic carbocycles. The fraction of sp³-hybridized carbons (Fsp3) is 0.650. The number of amides is 1. The van der Waals surface area contributed by atoms with Gasteiger partial charge in [-0.3, -0.25) is 4.79 Å². The van der Waals surface area contributed by atoms with Crippen LogP contribution in [0.2, 0.25) is 0 Å². The van der Waals surface area contributed by atoms with Crippen LogP contribution in [0.25, 0.3) is 0 Å². The van der Waals surface area contributed by atoms with Crippen LogP contribution in [-0.4, -0.2) is 5.91 Å². The van der Waals surface area contributed by atoms with Crippen molar-refractivity contribution in [2.24, 2.45) is 5.73 Å². The van der Waals surface area contributed by atoms with Crippen molar-refractivity contribution in [3.05, 3.63) is 36.5 Å². The Hall–Kier alpha value is -1.31. The van der Waals surface area contributed by atoms with Crippen LogP contribution in [0.4, 0.5) is 0 Å². The molecule has 0 aliphatic heterocycles. The molecule has 2 N–H and O–H groups in total. The molecule has 0 radical (unpaired) electrons. The van der Waals surface area contributed by atoms with Gasteiger partial charge in [0.1, 0.15) is 0 Å². The molecule has 1 amide bonds. The highest BCUT2D eigenvalue weighted by Crippen LogP contribution is 2.08. The van der Waals surface area contributed by atoms with Crippen LogP contribution in [0.1, 0.15) is 84.0 Å². The number of nitrogens with two attached hydrogens (primary N) is 1. The van der Waals surface area contributed by atoms with Crippen molar-refractivity contribution in [1.82, 2.24) is 0 Å². The van der Waals surface area contributed by atoms with Crippen molar-refractivity contribution in [3.8, 4) is 0 Å². The number of rotatable bonds is 15. The molecule has 0 fully saturated rings. The SMILES string of the molecule is CCCCC/C=C/C/C=C/CCCCCCC/C=C/C(N)=O. The Balaban J connectivity index is 3.22. The van der Waals surface area contributed by atoms with E-state index < -0.39 is 0 Å². The highest BCUT2D eigenvalue weighted by Gasteiger charge is 1.89. The second-order valence-corrected chi connectivity index (χ2v) is 5.82. The van der Waals surface area contributed by atoms with Crippen LogP contribution in [0.3, 0.4) is 0 Å². The molecule has 0 aromatic carbocycles. The number of primary amides is 1. The number of hydrogen-bond acceptors (Lipinski definition) is 1. The minimum atomic E-state index is -0.345. The van der Waals surface area contributed by atoms with Crippen LogP contribution in [0, 0.1) is 0 Å². The van der Waals surface area contributed by atoms with Crippen molar-refractivity contribution in [2.75, 3.05) is 0 Å². The van der Waals surface area contributed by atoms with Gasteiger partial charge in [0, 0.05) is 0 Å². The van der Waals surface area contributed by atoms with Crippen molar-refractivity contribution >= 4 is 5.91 Å². The molecule has 22 heavy (non-hydrogen) atoms. The van der Waals surface area contributed by atoms with Crippen LogP contribution in [0.5, 0.6) is 0 Å². The van der Waals surface area contributed by atoms with Crippen LogP contribution >= 0.6 is 0 Å². The highest BCUT2D eigenvalue weighted by atomic mass is 16.1. The van der Waals surface area contributed by atoms with Gasteiger partial charge in [-0.15, -0.1) is 0 Å². The first-order chi connectivity index (χ1) is 10.8. The summed E-state index contributed by atoms with van der Waals surface area (Å²) in [6, 6.07) is 0. The summed E-state index contributed by atoms with van der Waals surface area (Å²) in [5.41, 5.74) is 5.02. The second-order valence-electron chi connectivity index (χ2n) is 5.82. The third-order valence-corrected chi connectivity index (χ3v) is 3.60. The van der Waals surface area contributed by atoms with E-state index in [2.05, 4.69) is 31.2 Å². The summed E-state index contributed by atoms with van der Waals surface area (Å²) in [7, 11) is 0. The quantitative estimate of drug-likeness (QED) is 0.230. The molecule has 0 spiro atoms. The number of carbonyl (C=O) groups excluding carboxylic acids is 1. The van der Waals surface area contributed by atoms with Gasteiger partial charge in [0.25, 0.3) is 0 Å². The zero-order valence-electron chi connectivity index (χ0n) is 14.4. The minimum Gasteiger partial charge on any atom is -0.366 e. The second kappa shape index (κ2) is 17.7. The van der Waals surface area contributed by atoms with Crippen molar-refractivity contribution in [1.29, 1.82) is 0 Å². The first-order valence-electron chi connectivity index (χ1n) is 9.03. The average molecular weight is 306 g/mol. The Morgan fingerprint density at radius 3 is 1.77 bits per heavy atom. The fourth-order valence-corrected chi connectivity index (χ4v) is 2.27. The molecular weight excluding hydrogens is 270 g/mol. The van der Waals surface area contributed by atoms with Gasteiger partial charge in [0.05, 0.1) is 0 Å². The van der Waals surface area contributed by atoms with E-state index in [1.54, 1.807) is 0 Å². The third kappa shape index (κ3) is 18.7. The van der Waals surface area contributed by atoms with Gasteiger partial charge in [-0.05, 0) is 51.0 Å². The normalized spacial score (nSPS) is 12.0. The summed E-state index contributed by atoms with van der Waals surface area (Å²) in [6.45, 7) is 2.24. The predicted octanol–water partition coefficient (Wildman–Crippen LogP) is 5.84.